The van der Waals surface area contributed by atoms with E-state index >= 15 is 0 Å². The smallest absolute Gasteiger partial charge is 0.352 e. The van der Waals surface area contributed by atoms with Crippen molar-refractivity contribution in [2.24, 2.45) is 0 Å². The molecule has 21 heavy (non-hydrogen) atoms. The van der Waals surface area contributed by atoms with E-state index in [-0.39, 0.29) is 18.9 Å². The van der Waals surface area contributed by atoms with Crippen LogP contribution < -0.4 is 5.32 Å². The zero-order valence-corrected chi connectivity index (χ0v) is 12.4. The summed E-state index contributed by atoms with van der Waals surface area (Å²) in [6.07, 6.45) is 2.04. The van der Waals surface area contributed by atoms with Gasteiger partial charge in [-0.3, -0.25) is 9.69 Å². The Balaban J connectivity index is 1.87. The normalized spacial score (nSPS) is 26.2. The number of ether oxygens (including phenoxy) is 1. The molecule has 1 aliphatic heterocycles. The van der Waals surface area contributed by atoms with Gasteiger partial charge in [0.25, 0.3) is 5.91 Å². The Bertz CT molecular complexity index is 375. The quantitative estimate of drug-likeness (QED) is 0.761. The van der Waals surface area contributed by atoms with Crippen molar-refractivity contribution < 1.29 is 23.4 Å². The van der Waals surface area contributed by atoms with E-state index < -0.39 is 17.4 Å². The summed E-state index contributed by atoms with van der Waals surface area (Å²) >= 11 is 0. The minimum Gasteiger partial charge on any atom is -0.383 e. The first-order valence-electron chi connectivity index (χ1n) is 7.51. The molecule has 7 heteroatoms. The van der Waals surface area contributed by atoms with Gasteiger partial charge < -0.3 is 15.2 Å². The van der Waals surface area contributed by atoms with E-state index in [9.17, 15) is 18.7 Å². The summed E-state index contributed by atoms with van der Waals surface area (Å²) in [7, 11) is 1.61. The van der Waals surface area contributed by atoms with Crippen LogP contribution in [-0.2, 0) is 9.53 Å². The van der Waals surface area contributed by atoms with E-state index in [1.54, 1.807) is 7.11 Å². The highest BCUT2D eigenvalue weighted by molar-refractivity contribution is 5.85. The molecule has 122 valence electrons. The Labute approximate surface area is 123 Å². The molecule has 1 atom stereocenters. The Hall–Kier alpha value is -0.790. The standard InChI is InChI=1S/C14H24F2N2O3/c1-21-9-8-18-7-2-4-11(10-18)17-12(19)14(15,16)13(20)5-3-6-13/h11,20H,2-10H2,1H3,(H,17,19)/t11-/m1/s1. The highest BCUT2D eigenvalue weighted by Gasteiger charge is 2.61. The second-order valence-corrected chi connectivity index (χ2v) is 6.07. The summed E-state index contributed by atoms with van der Waals surface area (Å²) in [5.41, 5.74) is -2.15. The van der Waals surface area contributed by atoms with Crippen molar-refractivity contribution in [1.82, 2.24) is 10.2 Å². The molecule has 5 nitrogen and oxygen atoms in total. The molecule has 2 N–H and O–H groups in total. The first-order chi connectivity index (χ1) is 9.89. The van der Waals surface area contributed by atoms with E-state index in [2.05, 4.69) is 10.2 Å². The predicted octanol–water partition coefficient (Wildman–Crippen LogP) is 0.764. The number of nitrogens with zero attached hydrogens (tertiary/aromatic N) is 1. The Morgan fingerprint density at radius 2 is 2.19 bits per heavy atom. The molecule has 0 unspecified atom stereocenters. The topological polar surface area (TPSA) is 61.8 Å². The molecule has 0 aromatic heterocycles. The summed E-state index contributed by atoms with van der Waals surface area (Å²) < 4.78 is 33.0. The summed E-state index contributed by atoms with van der Waals surface area (Å²) in [4.78, 5) is 13.9. The summed E-state index contributed by atoms with van der Waals surface area (Å²) in [6, 6.07) is -0.294. The van der Waals surface area contributed by atoms with Gasteiger partial charge in [-0.25, -0.2) is 0 Å². The zero-order valence-electron chi connectivity index (χ0n) is 12.4. The fraction of sp³-hybridized carbons (Fsp3) is 0.929. The third-order valence-electron chi connectivity index (χ3n) is 4.50. The number of methoxy groups -OCH3 is 1. The molecular formula is C14H24F2N2O3. The average Bonchev–Trinajstić information content (AvgIpc) is 2.42. The average molecular weight is 306 g/mol. The highest BCUT2D eigenvalue weighted by Crippen LogP contribution is 2.44. The van der Waals surface area contributed by atoms with Crippen molar-refractivity contribution in [3.05, 3.63) is 0 Å². The van der Waals surface area contributed by atoms with Gasteiger partial charge in [0, 0.05) is 26.2 Å². The maximum Gasteiger partial charge on any atom is 0.352 e. The molecular weight excluding hydrogens is 282 g/mol. The van der Waals surface area contributed by atoms with E-state index in [0.29, 0.717) is 26.0 Å². The molecule has 0 aromatic rings. The minimum atomic E-state index is -3.71. The Morgan fingerprint density at radius 1 is 1.48 bits per heavy atom. The van der Waals surface area contributed by atoms with Gasteiger partial charge in [0.05, 0.1) is 6.61 Å². The largest absolute Gasteiger partial charge is 0.383 e. The fourth-order valence-electron chi connectivity index (χ4n) is 2.91. The van der Waals surface area contributed by atoms with Crippen molar-refractivity contribution in [1.29, 1.82) is 0 Å². The number of amides is 1. The van der Waals surface area contributed by atoms with Crippen LogP contribution in [0.15, 0.2) is 0 Å². The maximum absolute atomic E-state index is 14.0. The number of piperidine rings is 1. The van der Waals surface area contributed by atoms with E-state index in [1.165, 1.54) is 0 Å². The number of carbonyl (C=O) groups is 1. The number of hydrogen-bond donors (Lipinski definition) is 2. The number of alkyl halides is 2. The molecule has 0 aromatic carbocycles. The van der Waals surface area contributed by atoms with Crippen LogP contribution >= 0.6 is 0 Å². The molecule has 2 fully saturated rings. The molecule has 2 aliphatic rings. The maximum atomic E-state index is 14.0. The number of hydrogen-bond acceptors (Lipinski definition) is 4. The van der Waals surface area contributed by atoms with Crippen molar-refractivity contribution in [3.8, 4) is 0 Å². The van der Waals surface area contributed by atoms with Gasteiger partial charge in [-0.05, 0) is 38.6 Å². The molecule has 1 saturated carbocycles. The molecule has 1 amide bonds. The second-order valence-electron chi connectivity index (χ2n) is 6.07. The van der Waals surface area contributed by atoms with Gasteiger partial charge in [0.1, 0.15) is 5.60 Å². The molecule has 0 bridgehead atoms. The summed E-state index contributed by atoms with van der Waals surface area (Å²) in [5, 5.41) is 12.2. The number of halogens is 2. The van der Waals surface area contributed by atoms with Crippen LogP contribution in [0.4, 0.5) is 8.78 Å². The number of rotatable bonds is 6. The summed E-state index contributed by atoms with van der Waals surface area (Å²) in [5.74, 6) is -5.05. The lowest BCUT2D eigenvalue weighted by atomic mass is 9.75. The summed E-state index contributed by atoms with van der Waals surface area (Å²) in [6.45, 7) is 2.74. The number of nitrogens with one attached hydrogen (secondary N) is 1. The van der Waals surface area contributed by atoms with Crippen LogP contribution in [0.25, 0.3) is 0 Å². The van der Waals surface area contributed by atoms with Crippen molar-refractivity contribution >= 4 is 5.91 Å². The molecule has 1 heterocycles. The van der Waals surface area contributed by atoms with Gasteiger partial charge in [-0.15, -0.1) is 0 Å². The lowest BCUT2D eigenvalue weighted by molar-refractivity contribution is -0.216. The van der Waals surface area contributed by atoms with Gasteiger partial charge in [0.15, 0.2) is 0 Å². The SMILES string of the molecule is COCCN1CCC[C@@H](NC(=O)C(F)(F)C2(O)CCC2)C1. The van der Waals surface area contributed by atoms with E-state index in [4.69, 9.17) is 4.74 Å². The van der Waals surface area contributed by atoms with Crippen LogP contribution in [0.2, 0.25) is 0 Å². The number of carbonyl (C=O) groups excluding carboxylic acids is 1. The number of aliphatic hydroxyl groups is 1. The van der Waals surface area contributed by atoms with E-state index in [0.717, 1.165) is 19.5 Å². The molecule has 1 saturated heterocycles. The van der Waals surface area contributed by atoms with Crippen LogP contribution in [0.1, 0.15) is 32.1 Å². The first-order valence-corrected chi connectivity index (χ1v) is 7.51. The Kier molecular flexibility index (Phi) is 5.16. The molecule has 2 rings (SSSR count). The lowest BCUT2D eigenvalue weighted by Crippen LogP contribution is -2.62. The van der Waals surface area contributed by atoms with Crippen LogP contribution in [0, 0.1) is 0 Å². The molecule has 0 spiro atoms. The highest BCUT2D eigenvalue weighted by atomic mass is 19.3. The Morgan fingerprint density at radius 3 is 2.76 bits per heavy atom. The number of likely N-dealkylation sites (tertiary alicyclic amines) is 1. The molecule has 1 aliphatic carbocycles. The van der Waals surface area contributed by atoms with Crippen molar-refractivity contribution in [3.63, 3.8) is 0 Å². The van der Waals surface area contributed by atoms with Crippen LogP contribution in [-0.4, -0.2) is 66.8 Å². The van der Waals surface area contributed by atoms with Gasteiger partial charge in [-0.2, -0.15) is 8.78 Å². The van der Waals surface area contributed by atoms with Gasteiger partial charge >= 0.3 is 5.92 Å². The third-order valence-corrected chi connectivity index (χ3v) is 4.50. The van der Waals surface area contributed by atoms with Crippen molar-refractivity contribution in [2.75, 3.05) is 33.4 Å². The van der Waals surface area contributed by atoms with E-state index in [1.807, 2.05) is 0 Å². The minimum absolute atomic E-state index is 0.0158. The predicted molar refractivity (Wildman–Crippen MR) is 73.2 cm³/mol. The van der Waals surface area contributed by atoms with Gasteiger partial charge in [0.2, 0.25) is 0 Å². The monoisotopic (exact) mass is 306 g/mol. The third kappa shape index (κ3) is 3.52. The van der Waals surface area contributed by atoms with Crippen LogP contribution in [0.5, 0.6) is 0 Å². The van der Waals surface area contributed by atoms with Crippen LogP contribution in [0.3, 0.4) is 0 Å². The fourth-order valence-corrected chi connectivity index (χ4v) is 2.91. The lowest BCUT2D eigenvalue weighted by Gasteiger charge is -2.42. The first kappa shape index (κ1) is 16.6. The zero-order chi connectivity index (χ0) is 15.5. The van der Waals surface area contributed by atoms with Crippen molar-refractivity contribution in [2.45, 2.75) is 49.7 Å². The second kappa shape index (κ2) is 6.54. The molecule has 0 radical (unpaired) electrons. The van der Waals surface area contributed by atoms with Gasteiger partial charge in [-0.1, -0.05) is 0 Å².